The molecule has 0 aliphatic heterocycles. The average molecular weight is 260 g/mol. The topological polar surface area (TPSA) is 33.1 Å². The van der Waals surface area contributed by atoms with Crippen LogP contribution in [0.15, 0.2) is 24.3 Å². The molecule has 4 heteroatoms. The summed E-state index contributed by atoms with van der Waals surface area (Å²) in [5, 5.41) is 3.20. The number of imidazole rings is 1. The lowest BCUT2D eigenvalue weighted by Gasteiger charge is -2.12. The van der Waals surface area contributed by atoms with E-state index in [0.29, 0.717) is 0 Å². The molecular weight excluding hydrogens is 236 g/mol. The second-order valence-electron chi connectivity index (χ2n) is 5.18. The molecule has 0 saturated heterocycles. The molecule has 1 N–H and O–H groups in total. The molecule has 1 aromatic heterocycles. The molecule has 0 bridgehead atoms. The first-order valence-electron chi connectivity index (χ1n) is 6.96. The molecule has 19 heavy (non-hydrogen) atoms. The predicted molar refractivity (Wildman–Crippen MR) is 80.5 cm³/mol. The highest BCUT2D eigenvalue weighted by molar-refractivity contribution is 5.75. The summed E-state index contributed by atoms with van der Waals surface area (Å²) in [5.74, 6) is 1.19. The Bertz CT molecular complexity index is 516. The lowest BCUT2D eigenvalue weighted by Crippen LogP contribution is -2.17. The summed E-state index contributed by atoms with van der Waals surface area (Å²) in [6.45, 7) is 3.12. The molecule has 0 unspecified atom stereocenters. The van der Waals surface area contributed by atoms with Crippen molar-refractivity contribution in [3.8, 4) is 0 Å². The van der Waals surface area contributed by atoms with Gasteiger partial charge in [-0.25, -0.2) is 4.98 Å². The highest BCUT2D eigenvalue weighted by Gasteiger charge is 2.09. The van der Waals surface area contributed by atoms with E-state index in [1.165, 1.54) is 11.3 Å². The largest absolute Gasteiger partial charge is 0.328 e. The Balaban J connectivity index is 2.21. The quantitative estimate of drug-likeness (QED) is 0.823. The maximum absolute atomic E-state index is 4.76. The summed E-state index contributed by atoms with van der Waals surface area (Å²) in [7, 11) is 6.22. The van der Waals surface area contributed by atoms with Crippen LogP contribution in [0.5, 0.6) is 0 Å². The van der Waals surface area contributed by atoms with Crippen molar-refractivity contribution in [3.63, 3.8) is 0 Å². The Labute approximate surface area is 115 Å². The molecule has 4 nitrogen and oxygen atoms in total. The molecule has 1 aromatic carbocycles. The molecule has 0 atom stereocenters. The maximum Gasteiger partial charge on any atom is 0.111 e. The number of nitrogens with zero attached hydrogens (tertiary/aromatic N) is 3. The zero-order chi connectivity index (χ0) is 13.7. The number of hydrogen-bond acceptors (Lipinski definition) is 3. The van der Waals surface area contributed by atoms with Crippen LogP contribution < -0.4 is 5.32 Å². The van der Waals surface area contributed by atoms with E-state index in [1.807, 2.05) is 7.05 Å². The molecule has 104 valence electrons. The summed E-state index contributed by atoms with van der Waals surface area (Å²) < 4.78 is 2.37. The van der Waals surface area contributed by atoms with Crippen LogP contribution in [0.2, 0.25) is 0 Å². The lowest BCUT2D eigenvalue weighted by atomic mass is 10.3. The summed E-state index contributed by atoms with van der Waals surface area (Å²) >= 11 is 0. The van der Waals surface area contributed by atoms with Crippen molar-refractivity contribution in [2.45, 2.75) is 19.4 Å². The van der Waals surface area contributed by atoms with Gasteiger partial charge in [-0.1, -0.05) is 12.1 Å². The Kier molecular flexibility index (Phi) is 4.93. The third-order valence-corrected chi connectivity index (χ3v) is 3.32. The number of para-hydroxylation sites is 2. The number of nitrogens with one attached hydrogen (secondary N) is 1. The third-order valence-electron chi connectivity index (χ3n) is 3.32. The second kappa shape index (κ2) is 6.68. The van der Waals surface area contributed by atoms with Crippen molar-refractivity contribution < 1.29 is 0 Å². The van der Waals surface area contributed by atoms with Gasteiger partial charge in [0.25, 0.3) is 0 Å². The van der Waals surface area contributed by atoms with Crippen molar-refractivity contribution in [2.24, 2.45) is 0 Å². The SMILES string of the molecule is CNCCc1nc2ccccc2n1CCCN(C)C. The minimum atomic E-state index is 0.969. The van der Waals surface area contributed by atoms with Gasteiger partial charge < -0.3 is 14.8 Å². The van der Waals surface area contributed by atoms with Crippen LogP contribution in [-0.2, 0) is 13.0 Å². The average Bonchev–Trinajstić information content (AvgIpc) is 2.74. The van der Waals surface area contributed by atoms with Crippen LogP contribution >= 0.6 is 0 Å². The van der Waals surface area contributed by atoms with Gasteiger partial charge in [0, 0.05) is 19.5 Å². The van der Waals surface area contributed by atoms with E-state index in [4.69, 9.17) is 4.98 Å². The van der Waals surface area contributed by atoms with Gasteiger partial charge in [-0.2, -0.15) is 0 Å². The van der Waals surface area contributed by atoms with E-state index < -0.39 is 0 Å². The smallest absolute Gasteiger partial charge is 0.111 e. The molecule has 0 aliphatic rings. The zero-order valence-electron chi connectivity index (χ0n) is 12.2. The summed E-state index contributed by atoms with van der Waals surface area (Å²) in [4.78, 5) is 6.99. The van der Waals surface area contributed by atoms with Gasteiger partial charge in [-0.15, -0.1) is 0 Å². The maximum atomic E-state index is 4.76. The number of likely N-dealkylation sites (N-methyl/N-ethyl adjacent to an activating group) is 1. The van der Waals surface area contributed by atoms with Crippen LogP contribution in [0.4, 0.5) is 0 Å². The Hall–Kier alpha value is -1.39. The molecular formula is C15H24N4. The van der Waals surface area contributed by atoms with Gasteiger partial charge >= 0.3 is 0 Å². The zero-order valence-corrected chi connectivity index (χ0v) is 12.2. The van der Waals surface area contributed by atoms with Crippen LogP contribution in [0.1, 0.15) is 12.2 Å². The first-order chi connectivity index (χ1) is 9.22. The van der Waals surface area contributed by atoms with Crippen molar-refractivity contribution in [1.82, 2.24) is 19.8 Å². The standard InChI is InChI=1S/C15H24N4/c1-16-10-9-15-17-13-7-4-5-8-14(13)19(15)12-6-11-18(2)3/h4-5,7-8,16H,6,9-12H2,1-3H3. The first kappa shape index (κ1) is 14.0. The molecule has 2 rings (SSSR count). The molecule has 2 aromatic rings. The van der Waals surface area contributed by atoms with E-state index >= 15 is 0 Å². The van der Waals surface area contributed by atoms with Crippen LogP contribution in [-0.4, -0.2) is 48.7 Å². The second-order valence-corrected chi connectivity index (χ2v) is 5.18. The van der Waals surface area contributed by atoms with Crippen LogP contribution in [0.25, 0.3) is 11.0 Å². The molecule has 0 aliphatic carbocycles. The number of aryl methyl sites for hydroxylation is 1. The fourth-order valence-electron chi connectivity index (χ4n) is 2.35. The van der Waals surface area contributed by atoms with Gasteiger partial charge in [0.05, 0.1) is 11.0 Å². The molecule has 0 spiro atoms. The minimum Gasteiger partial charge on any atom is -0.328 e. The number of aromatic nitrogens is 2. The van der Waals surface area contributed by atoms with Gasteiger partial charge in [0.2, 0.25) is 0 Å². The number of benzene rings is 1. The predicted octanol–water partition coefficient (Wildman–Crippen LogP) is 1.75. The van der Waals surface area contributed by atoms with Gasteiger partial charge in [-0.3, -0.25) is 0 Å². The lowest BCUT2D eigenvalue weighted by molar-refractivity contribution is 0.386. The van der Waals surface area contributed by atoms with E-state index in [0.717, 1.165) is 38.0 Å². The number of hydrogen-bond donors (Lipinski definition) is 1. The van der Waals surface area contributed by atoms with E-state index in [9.17, 15) is 0 Å². The Morgan fingerprint density at radius 1 is 1.26 bits per heavy atom. The fourth-order valence-corrected chi connectivity index (χ4v) is 2.35. The van der Waals surface area contributed by atoms with Crippen molar-refractivity contribution in [2.75, 3.05) is 34.2 Å². The van der Waals surface area contributed by atoms with E-state index in [-0.39, 0.29) is 0 Å². The minimum absolute atomic E-state index is 0.969. The van der Waals surface area contributed by atoms with E-state index in [1.54, 1.807) is 0 Å². The van der Waals surface area contributed by atoms with Gasteiger partial charge in [0.1, 0.15) is 5.82 Å². The van der Waals surface area contributed by atoms with Crippen LogP contribution in [0, 0.1) is 0 Å². The van der Waals surface area contributed by atoms with Crippen molar-refractivity contribution in [1.29, 1.82) is 0 Å². The molecule has 0 amide bonds. The molecule has 0 saturated carbocycles. The fraction of sp³-hybridized carbons (Fsp3) is 0.533. The monoisotopic (exact) mass is 260 g/mol. The van der Waals surface area contributed by atoms with E-state index in [2.05, 4.69) is 53.1 Å². The van der Waals surface area contributed by atoms with Crippen molar-refractivity contribution >= 4 is 11.0 Å². The molecule has 0 radical (unpaired) electrons. The van der Waals surface area contributed by atoms with Crippen LogP contribution in [0.3, 0.4) is 0 Å². The third kappa shape index (κ3) is 3.55. The first-order valence-corrected chi connectivity index (χ1v) is 6.96. The number of fused-ring (bicyclic) bond motifs is 1. The number of rotatable bonds is 7. The summed E-state index contributed by atoms with van der Waals surface area (Å²) in [5.41, 5.74) is 2.37. The molecule has 0 fully saturated rings. The van der Waals surface area contributed by atoms with Gasteiger partial charge in [-0.05, 0) is 46.2 Å². The Morgan fingerprint density at radius 3 is 2.79 bits per heavy atom. The highest BCUT2D eigenvalue weighted by atomic mass is 15.1. The Morgan fingerprint density at radius 2 is 2.05 bits per heavy atom. The summed E-state index contributed by atoms with van der Waals surface area (Å²) in [6, 6.07) is 8.41. The normalized spacial score (nSPS) is 11.6. The summed E-state index contributed by atoms with van der Waals surface area (Å²) in [6.07, 6.45) is 2.13. The highest BCUT2D eigenvalue weighted by Crippen LogP contribution is 2.16. The molecule has 1 heterocycles. The van der Waals surface area contributed by atoms with Gasteiger partial charge in [0.15, 0.2) is 0 Å². The van der Waals surface area contributed by atoms with Crippen molar-refractivity contribution in [3.05, 3.63) is 30.1 Å².